The van der Waals surface area contributed by atoms with Crippen molar-refractivity contribution in [3.8, 4) is 6.07 Å². The minimum Gasteiger partial charge on any atom is -0.392 e. The van der Waals surface area contributed by atoms with Crippen LogP contribution in [0.5, 0.6) is 0 Å². The van der Waals surface area contributed by atoms with Gasteiger partial charge in [0.25, 0.3) is 0 Å². The normalized spacial score (nSPS) is 28.2. The Morgan fingerprint density at radius 3 is 2.86 bits per heavy atom. The second-order valence-corrected chi connectivity index (χ2v) is 8.00. The van der Waals surface area contributed by atoms with E-state index in [1.165, 1.54) is 0 Å². The molecule has 0 saturated heterocycles. The van der Waals surface area contributed by atoms with E-state index in [1.54, 1.807) is 6.07 Å². The van der Waals surface area contributed by atoms with E-state index in [0.717, 1.165) is 17.0 Å². The van der Waals surface area contributed by atoms with Crippen molar-refractivity contribution < 1.29 is 9.84 Å². The molecule has 3 atom stereocenters. The smallest absolute Gasteiger partial charge is 0.101 e. The summed E-state index contributed by atoms with van der Waals surface area (Å²) in [4.78, 5) is 0. The lowest BCUT2D eigenvalue weighted by molar-refractivity contribution is 0.0736. The van der Waals surface area contributed by atoms with Gasteiger partial charge in [-0.3, -0.25) is 5.01 Å². The number of benzene rings is 1. The number of hydrogen-bond donors (Lipinski definition) is 1. The summed E-state index contributed by atoms with van der Waals surface area (Å²) in [5.41, 5.74) is 3.24. The van der Waals surface area contributed by atoms with Gasteiger partial charge < -0.3 is 9.84 Å². The van der Waals surface area contributed by atoms with E-state index in [4.69, 9.17) is 26.7 Å². The molecule has 0 amide bonds. The molecule has 1 aromatic carbocycles. The second-order valence-electron chi connectivity index (χ2n) is 7.60. The number of hydrogen-bond acceptors (Lipinski definition) is 5. The molecule has 5 nitrogen and oxygen atoms in total. The average Bonchev–Trinajstić information content (AvgIpc) is 3.04. The Bertz CT molecular complexity index is 854. The van der Waals surface area contributed by atoms with Crippen LogP contribution in [0.2, 0.25) is 5.02 Å². The van der Waals surface area contributed by atoms with Crippen molar-refractivity contribution in [1.82, 2.24) is 0 Å². The van der Waals surface area contributed by atoms with Gasteiger partial charge in [-0.05, 0) is 36.6 Å². The Balaban J connectivity index is 1.97. The van der Waals surface area contributed by atoms with Crippen LogP contribution < -0.4 is 5.01 Å². The first-order chi connectivity index (χ1) is 13.4. The molecular formula is C22H26ClN3O2. The molecule has 2 aliphatic heterocycles. The third-order valence-corrected chi connectivity index (χ3v) is 5.52. The van der Waals surface area contributed by atoms with Crippen molar-refractivity contribution in [2.45, 2.75) is 39.3 Å². The molecular weight excluding hydrogens is 374 g/mol. The zero-order chi connectivity index (χ0) is 20.3. The van der Waals surface area contributed by atoms with Crippen LogP contribution in [0.4, 0.5) is 5.69 Å². The fraction of sp³-hybridized carbons (Fsp3) is 0.455. The monoisotopic (exact) mass is 399 g/mol. The SMILES string of the molecule is CC1/C=C(CO)\C=C/CC2=NN(c3ccc(C#N)c(Cl)c3)C(C(C)C)C2CO1. The first-order valence-electron chi connectivity index (χ1n) is 9.60. The van der Waals surface area contributed by atoms with Crippen molar-refractivity contribution in [1.29, 1.82) is 5.26 Å². The molecule has 3 unspecified atom stereocenters. The maximum atomic E-state index is 9.50. The van der Waals surface area contributed by atoms with E-state index in [0.29, 0.717) is 29.5 Å². The summed E-state index contributed by atoms with van der Waals surface area (Å²) in [5.74, 6) is 0.501. The lowest BCUT2D eigenvalue weighted by Crippen LogP contribution is -2.40. The molecule has 148 valence electrons. The first-order valence-corrected chi connectivity index (χ1v) is 9.98. The van der Waals surface area contributed by atoms with Gasteiger partial charge in [0.05, 0.1) is 41.6 Å². The molecule has 6 heteroatoms. The van der Waals surface area contributed by atoms with Crippen LogP contribution in [0.1, 0.15) is 32.8 Å². The summed E-state index contributed by atoms with van der Waals surface area (Å²) in [6.07, 6.45) is 6.56. The zero-order valence-corrected chi connectivity index (χ0v) is 17.2. The second kappa shape index (κ2) is 8.91. The highest BCUT2D eigenvalue weighted by atomic mass is 35.5. The minimum absolute atomic E-state index is 0.00934. The molecule has 1 aromatic rings. The summed E-state index contributed by atoms with van der Waals surface area (Å²) in [5, 5.41) is 26.0. The fourth-order valence-electron chi connectivity index (χ4n) is 3.84. The predicted octanol–water partition coefficient (Wildman–Crippen LogP) is 4.31. The van der Waals surface area contributed by atoms with E-state index in [-0.39, 0.29) is 24.7 Å². The van der Waals surface area contributed by atoms with E-state index in [1.807, 2.05) is 36.2 Å². The molecule has 0 saturated carbocycles. The Hall–Kier alpha value is -2.13. The minimum atomic E-state index is -0.0858. The van der Waals surface area contributed by atoms with E-state index < -0.39 is 0 Å². The quantitative estimate of drug-likeness (QED) is 0.822. The molecule has 3 rings (SSSR count). The van der Waals surface area contributed by atoms with E-state index >= 15 is 0 Å². The largest absolute Gasteiger partial charge is 0.392 e. The van der Waals surface area contributed by atoms with Gasteiger partial charge in [-0.2, -0.15) is 10.4 Å². The Kier molecular flexibility index (Phi) is 6.56. The van der Waals surface area contributed by atoms with Gasteiger partial charge in [0.15, 0.2) is 0 Å². The summed E-state index contributed by atoms with van der Waals surface area (Å²) in [6, 6.07) is 7.68. The molecule has 1 N–H and O–H groups in total. The number of ether oxygens (including phenoxy) is 1. The van der Waals surface area contributed by atoms with Crippen LogP contribution in [0, 0.1) is 23.2 Å². The molecule has 28 heavy (non-hydrogen) atoms. The highest BCUT2D eigenvalue weighted by Crippen LogP contribution is 2.36. The number of fused-ring (bicyclic) bond motifs is 1. The molecule has 2 aliphatic rings. The van der Waals surface area contributed by atoms with Crippen molar-refractivity contribution >= 4 is 23.0 Å². The van der Waals surface area contributed by atoms with Crippen LogP contribution >= 0.6 is 11.6 Å². The van der Waals surface area contributed by atoms with Crippen LogP contribution in [0.3, 0.4) is 0 Å². The maximum Gasteiger partial charge on any atom is 0.101 e. The van der Waals surface area contributed by atoms with Gasteiger partial charge in [0.2, 0.25) is 0 Å². The van der Waals surface area contributed by atoms with Crippen LogP contribution in [-0.2, 0) is 4.74 Å². The van der Waals surface area contributed by atoms with Crippen molar-refractivity contribution in [3.05, 3.63) is 52.6 Å². The number of halogens is 1. The number of anilines is 1. The third-order valence-electron chi connectivity index (χ3n) is 5.21. The van der Waals surface area contributed by atoms with E-state index in [2.05, 4.69) is 26.0 Å². The van der Waals surface area contributed by atoms with E-state index in [9.17, 15) is 5.11 Å². The summed E-state index contributed by atoms with van der Waals surface area (Å²) in [6.45, 7) is 6.91. The Morgan fingerprint density at radius 1 is 1.43 bits per heavy atom. The van der Waals surface area contributed by atoms with Gasteiger partial charge in [-0.1, -0.05) is 43.7 Å². The van der Waals surface area contributed by atoms with Crippen LogP contribution in [0.25, 0.3) is 0 Å². The fourth-order valence-corrected chi connectivity index (χ4v) is 4.06. The Labute approximate surface area is 171 Å². The summed E-state index contributed by atoms with van der Waals surface area (Å²) in [7, 11) is 0. The molecule has 0 fully saturated rings. The van der Waals surface area contributed by atoms with Crippen LogP contribution in [0.15, 0.2) is 47.1 Å². The van der Waals surface area contributed by atoms with Gasteiger partial charge in [-0.15, -0.1) is 0 Å². The molecule has 2 heterocycles. The van der Waals surface area contributed by atoms with Crippen molar-refractivity contribution in [2.24, 2.45) is 16.9 Å². The number of allylic oxidation sites excluding steroid dienone is 1. The maximum absolute atomic E-state index is 9.50. The van der Waals surface area contributed by atoms with Gasteiger partial charge in [-0.25, -0.2) is 0 Å². The molecule has 0 bridgehead atoms. The summed E-state index contributed by atoms with van der Waals surface area (Å²) >= 11 is 6.27. The van der Waals surface area contributed by atoms with Gasteiger partial charge in [0, 0.05) is 18.1 Å². The number of rotatable bonds is 3. The molecule has 0 spiro atoms. The number of aliphatic hydroxyl groups is 1. The van der Waals surface area contributed by atoms with Crippen molar-refractivity contribution in [3.63, 3.8) is 0 Å². The Morgan fingerprint density at radius 2 is 2.21 bits per heavy atom. The standard InChI is InChI=1S/C22H26ClN3O2/c1-14(2)22-19-13-28-15(3)9-16(12-27)5-4-6-21(19)25-26(22)18-8-7-17(11-24)20(23)10-18/h4-5,7-10,14-15,19,22,27H,6,12-13H2,1-3H3/b5-4-,16-9+. The average molecular weight is 400 g/mol. The zero-order valence-electron chi connectivity index (χ0n) is 16.5. The lowest BCUT2D eigenvalue weighted by atomic mass is 9.86. The number of aliphatic hydroxyl groups excluding tert-OH is 1. The highest BCUT2D eigenvalue weighted by molar-refractivity contribution is 6.32. The van der Waals surface area contributed by atoms with Crippen molar-refractivity contribution in [2.75, 3.05) is 18.2 Å². The lowest BCUT2D eigenvalue weighted by Gasteiger charge is -2.32. The molecule has 0 radical (unpaired) electrons. The van der Waals surface area contributed by atoms with Gasteiger partial charge in [0.1, 0.15) is 6.07 Å². The first kappa shape index (κ1) is 20.6. The highest BCUT2D eigenvalue weighted by Gasteiger charge is 2.39. The molecule has 0 aliphatic carbocycles. The molecule has 0 aromatic heterocycles. The predicted molar refractivity (Wildman–Crippen MR) is 113 cm³/mol. The van der Waals surface area contributed by atoms with Gasteiger partial charge >= 0.3 is 0 Å². The van der Waals surface area contributed by atoms with Crippen LogP contribution in [-0.4, -0.2) is 36.2 Å². The number of nitriles is 1. The number of hydrazone groups is 1. The topological polar surface area (TPSA) is 68.9 Å². The third kappa shape index (κ3) is 4.30. The number of nitrogens with zero attached hydrogens (tertiary/aromatic N) is 3. The summed E-state index contributed by atoms with van der Waals surface area (Å²) < 4.78 is 6.09.